The zero-order chi connectivity index (χ0) is 19.0. The number of nitrogen functional groups attached to an aromatic ring is 1. The zero-order valence-electron chi connectivity index (χ0n) is 15.1. The third-order valence-electron chi connectivity index (χ3n) is 5.64. The molecule has 0 saturated carbocycles. The van der Waals surface area contributed by atoms with Gasteiger partial charge in [-0.25, -0.2) is 15.0 Å². The van der Waals surface area contributed by atoms with Gasteiger partial charge in [0.05, 0.1) is 30.1 Å². The minimum atomic E-state index is 0.108. The lowest BCUT2D eigenvalue weighted by molar-refractivity contribution is 0.0974. The predicted octanol–water partition coefficient (Wildman–Crippen LogP) is 2.59. The molecule has 0 unspecified atom stereocenters. The molecule has 2 aromatic rings. The van der Waals surface area contributed by atoms with Crippen molar-refractivity contribution in [2.75, 3.05) is 30.3 Å². The molecule has 0 amide bonds. The van der Waals surface area contributed by atoms with Gasteiger partial charge in [-0.05, 0) is 25.8 Å². The highest BCUT2D eigenvalue weighted by Crippen LogP contribution is 2.42. The Labute approximate surface area is 167 Å². The van der Waals surface area contributed by atoms with E-state index in [1.807, 2.05) is 12.3 Å². The minimum absolute atomic E-state index is 0.108. The fraction of sp³-hybridized carbons (Fsp3) is 0.500. The van der Waals surface area contributed by atoms with E-state index in [1.165, 1.54) is 11.8 Å². The Morgan fingerprint density at radius 1 is 1.26 bits per heavy atom. The summed E-state index contributed by atoms with van der Waals surface area (Å²) in [4.78, 5) is 16.2. The van der Waals surface area contributed by atoms with Crippen molar-refractivity contribution >= 4 is 35.0 Å². The summed E-state index contributed by atoms with van der Waals surface area (Å²) in [6.45, 7) is 4.66. The summed E-state index contributed by atoms with van der Waals surface area (Å²) in [5, 5.41) is 1.21. The number of anilines is 2. The van der Waals surface area contributed by atoms with Crippen molar-refractivity contribution in [3.8, 4) is 0 Å². The molecule has 0 aromatic carbocycles. The van der Waals surface area contributed by atoms with Gasteiger partial charge >= 0.3 is 0 Å². The fourth-order valence-corrected chi connectivity index (χ4v) is 4.80. The van der Waals surface area contributed by atoms with Gasteiger partial charge in [-0.2, -0.15) is 0 Å². The largest absolute Gasteiger partial charge is 0.382 e. The molecule has 0 radical (unpaired) electrons. The molecule has 2 aliphatic heterocycles. The first-order valence-corrected chi connectivity index (χ1v) is 10.2. The molecule has 0 bridgehead atoms. The summed E-state index contributed by atoms with van der Waals surface area (Å²) in [6, 6.07) is 1.93. The summed E-state index contributed by atoms with van der Waals surface area (Å²) in [5.41, 5.74) is 12.2. The lowest BCUT2D eigenvalue weighted by atomic mass is 9.73. The van der Waals surface area contributed by atoms with Crippen LogP contribution in [-0.4, -0.2) is 46.8 Å². The van der Waals surface area contributed by atoms with Crippen LogP contribution in [0.25, 0.3) is 0 Å². The minimum Gasteiger partial charge on any atom is -0.382 e. The van der Waals surface area contributed by atoms with Crippen LogP contribution < -0.4 is 16.4 Å². The van der Waals surface area contributed by atoms with Crippen LogP contribution in [0.3, 0.4) is 0 Å². The maximum atomic E-state index is 6.39. The highest BCUT2D eigenvalue weighted by molar-refractivity contribution is 7.99. The van der Waals surface area contributed by atoms with Crippen LogP contribution >= 0.6 is 23.4 Å². The summed E-state index contributed by atoms with van der Waals surface area (Å²) in [7, 11) is 0. The van der Waals surface area contributed by atoms with Gasteiger partial charge in [0.1, 0.15) is 16.7 Å². The van der Waals surface area contributed by atoms with Crippen LogP contribution in [0, 0.1) is 5.41 Å². The maximum absolute atomic E-state index is 6.39. The van der Waals surface area contributed by atoms with E-state index in [0.29, 0.717) is 10.8 Å². The average molecular weight is 407 g/mol. The average Bonchev–Trinajstić information content (AvgIpc) is 2.95. The number of hydrogen-bond acceptors (Lipinski definition) is 8. The smallest absolute Gasteiger partial charge is 0.147 e. The molecule has 2 aliphatic rings. The number of halogens is 1. The molecule has 0 aliphatic carbocycles. The first-order valence-electron chi connectivity index (χ1n) is 9.00. The lowest BCUT2D eigenvalue weighted by Gasteiger charge is -2.41. The standard InChI is InChI=1S/C18H23ClN6OS/c1-11-16(20)18(10-26-11)3-6-25(7-4-18)13-8-24-14(9-23-13)27-12-2-5-22-17(21)15(12)19/h2,5,8-9,11,16H,3-4,6-7,10,20H2,1H3,(H2,21,22)/t11-,16+/m0/s1. The monoisotopic (exact) mass is 406 g/mol. The summed E-state index contributed by atoms with van der Waals surface area (Å²) >= 11 is 7.61. The van der Waals surface area contributed by atoms with Crippen molar-refractivity contribution in [2.45, 2.75) is 41.8 Å². The molecule has 4 rings (SSSR count). The van der Waals surface area contributed by atoms with Crippen LogP contribution in [0.2, 0.25) is 5.02 Å². The van der Waals surface area contributed by atoms with E-state index in [-0.39, 0.29) is 17.6 Å². The molecular formula is C18H23ClN6OS. The molecule has 2 aromatic heterocycles. The quantitative estimate of drug-likeness (QED) is 0.801. The molecule has 9 heteroatoms. The Hall–Kier alpha value is -1.61. The van der Waals surface area contributed by atoms with Gasteiger partial charge in [-0.3, -0.25) is 0 Å². The van der Waals surface area contributed by atoms with Crippen molar-refractivity contribution < 1.29 is 4.74 Å². The molecule has 2 fully saturated rings. The molecule has 27 heavy (non-hydrogen) atoms. The van der Waals surface area contributed by atoms with E-state index in [1.54, 1.807) is 12.4 Å². The topological polar surface area (TPSA) is 103 Å². The first kappa shape index (κ1) is 18.7. The van der Waals surface area contributed by atoms with Gasteiger partial charge < -0.3 is 21.1 Å². The van der Waals surface area contributed by atoms with E-state index < -0.39 is 0 Å². The van der Waals surface area contributed by atoms with Gasteiger partial charge in [-0.15, -0.1) is 0 Å². The predicted molar refractivity (Wildman–Crippen MR) is 107 cm³/mol. The van der Waals surface area contributed by atoms with Crippen LogP contribution in [-0.2, 0) is 4.74 Å². The Morgan fingerprint density at radius 3 is 2.67 bits per heavy atom. The summed E-state index contributed by atoms with van der Waals surface area (Å²) in [6.07, 6.45) is 7.39. The molecule has 4 N–H and O–H groups in total. The third kappa shape index (κ3) is 3.59. The SMILES string of the molecule is C[C@@H]1OCC2(CCN(c3cnc(Sc4ccnc(N)c4Cl)cn3)CC2)[C@@H]1N. The second kappa shape index (κ2) is 7.43. The number of aromatic nitrogens is 3. The molecular weight excluding hydrogens is 384 g/mol. The second-order valence-corrected chi connectivity index (χ2v) is 8.65. The number of pyridine rings is 1. The maximum Gasteiger partial charge on any atom is 0.147 e. The van der Waals surface area contributed by atoms with Crippen molar-refractivity contribution in [1.29, 1.82) is 0 Å². The van der Waals surface area contributed by atoms with E-state index in [4.69, 9.17) is 27.8 Å². The molecule has 2 saturated heterocycles. The fourth-order valence-electron chi connectivity index (χ4n) is 3.81. The van der Waals surface area contributed by atoms with Gasteiger partial charge in [0.15, 0.2) is 0 Å². The number of rotatable bonds is 3. The summed E-state index contributed by atoms with van der Waals surface area (Å²) < 4.78 is 5.79. The number of nitrogens with two attached hydrogens (primary N) is 2. The second-order valence-electron chi connectivity index (χ2n) is 7.21. The number of ether oxygens (including phenoxy) is 1. The number of piperidine rings is 1. The lowest BCUT2D eigenvalue weighted by Crippen LogP contribution is -2.50. The van der Waals surface area contributed by atoms with Gasteiger partial charge in [-0.1, -0.05) is 23.4 Å². The first-order chi connectivity index (χ1) is 13.0. The highest BCUT2D eigenvalue weighted by atomic mass is 35.5. The van der Waals surface area contributed by atoms with Crippen LogP contribution in [0.15, 0.2) is 34.6 Å². The zero-order valence-corrected chi connectivity index (χ0v) is 16.7. The summed E-state index contributed by atoms with van der Waals surface area (Å²) in [5.74, 6) is 1.20. The van der Waals surface area contributed by atoms with Gasteiger partial charge in [0.25, 0.3) is 0 Å². The van der Waals surface area contributed by atoms with Crippen LogP contribution in [0.5, 0.6) is 0 Å². The Balaban J connectivity index is 1.41. The van der Waals surface area contributed by atoms with E-state index in [0.717, 1.165) is 48.3 Å². The van der Waals surface area contributed by atoms with E-state index in [9.17, 15) is 0 Å². The molecule has 7 nitrogen and oxygen atoms in total. The van der Waals surface area contributed by atoms with Crippen molar-refractivity contribution in [2.24, 2.45) is 11.1 Å². The van der Waals surface area contributed by atoms with Gasteiger partial charge in [0, 0.05) is 35.6 Å². The Morgan fingerprint density at radius 2 is 2.04 bits per heavy atom. The van der Waals surface area contributed by atoms with Crippen LogP contribution in [0.4, 0.5) is 11.6 Å². The number of nitrogens with zero attached hydrogens (tertiary/aromatic N) is 4. The third-order valence-corrected chi connectivity index (χ3v) is 7.13. The van der Waals surface area contributed by atoms with Crippen molar-refractivity contribution in [3.63, 3.8) is 0 Å². The highest BCUT2D eigenvalue weighted by Gasteiger charge is 2.47. The van der Waals surface area contributed by atoms with Gasteiger partial charge in [0.2, 0.25) is 0 Å². The van der Waals surface area contributed by atoms with E-state index >= 15 is 0 Å². The van der Waals surface area contributed by atoms with E-state index in [2.05, 4.69) is 26.8 Å². The number of hydrogen-bond donors (Lipinski definition) is 2. The van der Waals surface area contributed by atoms with Crippen molar-refractivity contribution in [1.82, 2.24) is 15.0 Å². The Bertz CT molecular complexity index is 812. The van der Waals surface area contributed by atoms with Crippen molar-refractivity contribution in [3.05, 3.63) is 29.7 Å². The molecule has 144 valence electrons. The molecule has 4 heterocycles. The molecule has 1 spiro atoms. The normalized spacial score (nSPS) is 24.5. The van der Waals surface area contributed by atoms with Crippen LogP contribution in [0.1, 0.15) is 19.8 Å². The Kier molecular flexibility index (Phi) is 5.15. The molecule has 2 atom stereocenters.